The molecule has 0 fully saturated rings. The highest BCUT2D eigenvalue weighted by Gasteiger charge is 2.40. The Morgan fingerprint density at radius 1 is 0.879 bits per heavy atom. The van der Waals surface area contributed by atoms with Gasteiger partial charge in [-0.1, -0.05) is 51.1 Å². The van der Waals surface area contributed by atoms with E-state index in [4.69, 9.17) is 4.74 Å². The van der Waals surface area contributed by atoms with Crippen molar-refractivity contribution < 1.29 is 18.7 Å². The minimum Gasteiger partial charge on any atom is -0.497 e. The highest BCUT2D eigenvalue weighted by molar-refractivity contribution is 6.46. The molecule has 168 valence electrons. The predicted molar refractivity (Wildman–Crippen MR) is 128 cm³/mol. The molecule has 1 aliphatic rings. The normalized spacial score (nSPS) is 14.2. The molecule has 0 aliphatic carbocycles. The smallest absolute Gasteiger partial charge is 0.282 e. The van der Waals surface area contributed by atoms with Crippen LogP contribution in [-0.4, -0.2) is 18.9 Å². The minimum atomic E-state index is -0.501. The largest absolute Gasteiger partial charge is 0.497 e. The lowest BCUT2D eigenvalue weighted by atomic mass is 9.87. The molecule has 1 N–H and O–H groups in total. The molecule has 0 atom stereocenters. The van der Waals surface area contributed by atoms with Gasteiger partial charge in [0.15, 0.2) is 0 Å². The maximum absolute atomic E-state index is 13.8. The Hall–Kier alpha value is -3.93. The second kappa shape index (κ2) is 8.54. The first kappa shape index (κ1) is 22.3. The van der Waals surface area contributed by atoms with Gasteiger partial charge in [0.25, 0.3) is 11.8 Å². The number of ether oxygens (including phenoxy) is 1. The van der Waals surface area contributed by atoms with Crippen molar-refractivity contribution in [3.05, 3.63) is 95.4 Å². The number of anilines is 2. The molecule has 1 heterocycles. The van der Waals surface area contributed by atoms with Crippen molar-refractivity contribution in [2.45, 2.75) is 26.2 Å². The van der Waals surface area contributed by atoms with E-state index in [1.807, 2.05) is 12.1 Å². The number of imide groups is 1. The Bertz CT molecular complexity index is 1240. The number of hydrogen-bond acceptors (Lipinski definition) is 4. The molecular weight excluding hydrogens is 419 g/mol. The van der Waals surface area contributed by atoms with Crippen LogP contribution >= 0.6 is 0 Å². The van der Waals surface area contributed by atoms with Crippen molar-refractivity contribution in [1.82, 2.24) is 0 Å². The van der Waals surface area contributed by atoms with Crippen molar-refractivity contribution >= 4 is 28.8 Å². The summed E-state index contributed by atoms with van der Waals surface area (Å²) >= 11 is 0. The molecule has 0 spiro atoms. The Labute approximate surface area is 192 Å². The quantitative estimate of drug-likeness (QED) is 0.526. The van der Waals surface area contributed by atoms with Crippen LogP contribution in [0.4, 0.5) is 15.8 Å². The van der Waals surface area contributed by atoms with Gasteiger partial charge in [-0.15, -0.1) is 0 Å². The van der Waals surface area contributed by atoms with Crippen LogP contribution in [0.5, 0.6) is 5.75 Å². The molecule has 0 bridgehead atoms. The molecule has 6 heteroatoms. The average Bonchev–Trinajstić information content (AvgIpc) is 3.02. The van der Waals surface area contributed by atoms with Gasteiger partial charge in [0.05, 0.1) is 18.4 Å². The molecule has 33 heavy (non-hydrogen) atoms. The second-order valence-corrected chi connectivity index (χ2v) is 8.86. The van der Waals surface area contributed by atoms with E-state index in [2.05, 4.69) is 26.1 Å². The second-order valence-electron chi connectivity index (χ2n) is 8.86. The third-order valence-corrected chi connectivity index (χ3v) is 5.55. The zero-order chi connectivity index (χ0) is 23.8. The average molecular weight is 445 g/mol. The Kier molecular flexibility index (Phi) is 5.77. The van der Waals surface area contributed by atoms with Gasteiger partial charge in [-0.3, -0.25) is 9.59 Å². The van der Waals surface area contributed by atoms with Gasteiger partial charge in [0.2, 0.25) is 0 Å². The molecular formula is C27H25FN2O3. The van der Waals surface area contributed by atoms with Gasteiger partial charge in [0.1, 0.15) is 17.3 Å². The third kappa shape index (κ3) is 4.37. The predicted octanol–water partition coefficient (Wildman–Crippen LogP) is 5.53. The van der Waals surface area contributed by atoms with E-state index in [-0.39, 0.29) is 16.7 Å². The monoisotopic (exact) mass is 444 g/mol. The lowest BCUT2D eigenvalue weighted by Crippen LogP contribution is -2.32. The fraction of sp³-hybridized carbons (Fsp3) is 0.185. The van der Waals surface area contributed by atoms with E-state index < -0.39 is 17.6 Å². The van der Waals surface area contributed by atoms with Crippen LogP contribution in [-0.2, 0) is 15.0 Å². The summed E-state index contributed by atoms with van der Waals surface area (Å²) in [6.07, 6.45) is 0. The first-order chi connectivity index (χ1) is 15.7. The van der Waals surface area contributed by atoms with Crippen molar-refractivity contribution in [3.8, 4) is 5.75 Å². The number of carbonyl (C=O) groups excluding carboxylic acids is 2. The molecule has 0 saturated heterocycles. The number of amides is 2. The summed E-state index contributed by atoms with van der Waals surface area (Å²) in [6, 6.07) is 20.0. The molecule has 0 saturated carbocycles. The van der Waals surface area contributed by atoms with Gasteiger partial charge >= 0.3 is 0 Å². The number of methoxy groups -OCH3 is 1. The van der Waals surface area contributed by atoms with Crippen molar-refractivity contribution in [2.75, 3.05) is 17.3 Å². The molecule has 3 aromatic rings. The highest BCUT2D eigenvalue weighted by Crippen LogP contribution is 2.35. The third-order valence-electron chi connectivity index (χ3n) is 5.55. The van der Waals surface area contributed by atoms with E-state index in [0.717, 1.165) is 10.5 Å². The molecule has 2 amide bonds. The van der Waals surface area contributed by atoms with Crippen molar-refractivity contribution in [3.63, 3.8) is 0 Å². The van der Waals surface area contributed by atoms with Crippen molar-refractivity contribution in [2.24, 2.45) is 0 Å². The summed E-state index contributed by atoms with van der Waals surface area (Å²) in [5.41, 5.74) is 2.74. The minimum absolute atomic E-state index is 0.0613. The molecule has 0 aromatic heterocycles. The summed E-state index contributed by atoms with van der Waals surface area (Å²) in [5.74, 6) is -0.769. The number of hydrogen-bond donors (Lipinski definition) is 1. The van der Waals surface area contributed by atoms with Gasteiger partial charge in [-0.2, -0.15) is 0 Å². The maximum Gasteiger partial charge on any atom is 0.282 e. The molecule has 0 radical (unpaired) electrons. The van der Waals surface area contributed by atoms with Crippen LogP contribution in [0.2, 0.25) is 0 Å². The molecule has 4 rings (SSSR count). The summed E-state index contributed by atoms with van der Waals surface area (Å²) in [7, 11) is 1.55. The number of halogens is 1. The lowest BCUT2D eigenvalue weighted by Gasteiger charge is -2.21. The Morgan fingerprint density at radius 2 is 1.55 bits per heavy atom. The first-order valence-electron chi connectivity index (χ1n) is 10.6. The van der Waals surface area contributed by atoms with Crippen LogP contribution in [0.25, 0.3) is 5.57 Å². The standard InChI is InChI=1S/C27H25FN2O3/c1-27(2,3)18-10-12-21(13-11-18)30-25(31)23(17-8-14-22(33-4)15-9-17)24(26(30)32)29-20-7-5-6-19(28)16-20/h5-16,29H,1-4H3. The Balaban J connectivity index is 1.78. The fourth-order valence-corrected chi connectivity index (χ4v) is 3.73. The summed E-state index contributed by atoms with van der Waals surface area (Å²) < 4.78 is 19.0. The summed E-state index contributed by atoms with van der Waals surface area (Å²) in [4.78, 5) is 28.1. The molecule has 1 aliphatic heterocycles. The number of nitrogens with zero attached hydrogens (tertiary/aromatic N) is 1. The summed E-state index contributed by atoms with van der Waals surface area (Å²) in [5, 5.41) is 2.97. The van der Waals surface area contributed by atoms with E-state index in [1.165, 1.54) is 18.2 Å². The molecule has 3 aromatic carbocycles. The SMILES string of the molecule is COc1ccc(C2=C(Nc3cccc(F)c3)C(=O)N(c3ccc(C(C)(C)C)cc3)C2=O)cc1. The van der Waals surface area contributed by atoms with Crippen molar-refractivity contribution in [1.29, 1.82) is 0 Å². The number of nitrogens with one attached hydrogen (secondary N) is 1. The maximum atomic E-state index is 13.8. The van der Waals surface area contributed by atoms with Gasteiger partial charge in [0, 0.05) is 5.69 Å². The Morgan fingerprint density at radius 3 is 2.12 bits per heavy atom. The van der Waals surface area contributed by atoms with E-state index in [1.54, 1.807) is 49.6 Å². The van der Waals surface area contributed by atoms with E-state index >= 15 is 0 Å². The molecule has 0 unspecified atom stereocenters. The van der Waals surface area contributed by atoms with E-state index in [9.17, 15) is 14.0 Å². The van der Waals surface area contributed by atoms with Gasteiger partial charge in [-0.05, 0) is 59.0 Å². The highest BCUT2D eigenvalue weighted by atomic mass is 19.1. The van der Waals surface area contributed by atoms with E-state index in [0.29, 0.717) is 22.7 Å². The summed E-state index contributed by atoms with van der Waals surface area (Å²) in [6.45, 7) is 6.29. The number of rotatable bonds is 5. The number of benzene rings is 3. The number of carbonyl (C=O) groups is 2. The van der Waals surface area contributed by atoms with Gasteiger partial charge in [-0.25, -0.2) is 9.29 Å². The van der Waals surface area contributed by atoms with Crippen LogP contribution in [0.1, 0.15) is 31.9 Å². The first-order valence-corrected chi connectivity index (χ1v) is 10.6. The fourth-order valence-electron chi connectivity index (χ4n) is 3.73. The topological polar surface area (TPSA) is 58.6 Å². The molecule has 5 nitrogen and oxygen atoms in total. The zero-order valence-corrected chi connectivity index (χ0v) is 19.0. The van der Waals surface area contributed by atoms with Crippen LogP contribution in [0.15, 0.2) is 78.5 Å². The van der Waals surface area contributed by atoms with Gasteiger partial charge < -0.3 is 10.1 Å². The van der Waals surface area contributed by atoms with Crippen LogP contribution in [0.3, 0.4) is 0 Å². The van der Waals surface area contributed by atoms with Crippen LogP contribution < -0.4 is 15.0 Å². The lowest BCUT2D eigenvalue weighted by molar-refractivity contribution is -0.120. The zero-order valence-electron chi connectivity index (χ0n) is 19.0. The van der Waals surface area contributed by atoms with Crippen LogP contribution in [0, 0.1) is 5.82 Å².